The van der Waals surface area contributed by atoms with E-state index in [9.17, 15) is 0 Å². The van der Waals surface area contributed by atoms with Gasteiger partial charge < -0.3 is 0 Å². The Hall–Kier alpha value is 0.290. The van der Waals surface area contributed by atoms with E-state index in [2.05, 4.69) is 20.8 Å². The van der Waals surface area contributed by atoms with Crippen LogP contribution < -0.4 is 0 Å². The molecule has 66 valence electrons. The van der Waals surface area contributed by atoms with Gasteiger partial charge in [0, 0.05) is 5.38 Å². The van der Waals surface area contributed by atoms with Crippen LogP contribution in [0.4, 0.5) is 0 Å². The van der Waals surface area contributed by atoms with Gasteiger partial charge in [-0.3, -0.25) is 0 Å². The third kappa shape index (κ3) is 2.37. The standard InChI is InChI=1S/C10H19Cl/c1-7(2)10(11)9-5-4-8(3)6-9/h7-10H,4-6H2,1-3H3. The van der Waals surface area contributed by atoms with Crippen molar-refractivity contribution in [2.75, 3.05) is 0 Å². The molecule has 3 atom stereocenters. The Bertz CT molecular complexity index is 120. The summed E-state index contributed by atoms with van der Waals surface area (Å²) in [5, 5.41) is 0.417. The first-order chi connectivity index (χ1) is 5.11. The molecule has 1 heteroatoms. The lowest BCUT2D eigenvalue weighted by Crippen LogP contribution is -2.17. The van der Waals surface area contributed by atoms with Crippen molar-refractivity contribution in [1.29, 1.82) is 0 Å². The van der Waals surface area contributed by atoms with Crippen LogP contribution in [0.1, 0.15) is 40.0 Å². The molecule has 0 aromatic rings. The maximum Gasteiger partial charge on any atom is 0.0387 e. The Morgan fingerprint density at radius 3 is 2.27 bits per heavy atom. The number of hydrogen-bond acceptors (Lipinski definition) is 0. The first-order valence-corrected chi connectivity index (χ1v) is 5.19. The highest BCUT2D eigenvalue weighted by atomic mass is 35.5. The zero-order valence-corrected chi connectivity index (χ0v) is 8.56. The lowest BCUT2D eigenvalue weighted by Gasteiger charge is -2.20. The highest BCUT2D eigenvalue weighted by Gasteiger charge is 2.28. The van der Waals surface area contributed by atoms with Crippen molar-refractivity contribution in [2.45, 2.75) is 45.4 Å². The van der Waals surface area contributed by atoms with Crippen LogP contribution in [0, 0.1) is 17.8 Å². The van der Waals surface area contributed by atoms with Crippen LogP contribution in [0.3, 0.4) is 0 Å². The molecule has 0 aromatic carbocycles. The predicted octanol–water partition coefficient (Wildman–Crippen LogP) is 3.69. The SMILES string of the molecule is CC1CCC(C(Cl)C(C)C)C1. The van der Waals surface area contributed by atoms with Crippen molar-refractivity contribution in [3.8, 4) is 0 Å². The predicted molar refractivity (Wildman–Crippen MR) is 51.0 cm³/mol. The summed E-state index contributed by atoms with van der Waals surface area (Å²) in [5.41, 5.74) is 0. The average Bonchev–Trinajstić information content (AvgIpc) is 2.34. The molecule has 0 aromatic heterocycles. The molecule has 0 N–H and O–H groups in total. The summed E-state index contributed by atoms with van der Waals surface area (Å²) in [5.74, 6) is 2.36. The van der Waals surface area contributed by atoms with Gasteiger partial charge in [0.2, 0.25) is 0 Å². The van der Waals surface area contributed by atoms with Gasteiger partial charge in [-0.05, 0) is 30.6 Å². The molecule has 1 rings (SSSR count). The fourth-order valence-electron chi connectivity index (χ4n) is 2.08. The maximum atomic E-state index is 6.29. The summed E-state index contributed by atoms with van der Waals surface area (Å²) in [6.45, 7) is 6.78. The summed E-state index contributed by atoms with van der Waals surface area (Å²) in [6, 6.07) is 0. The lowest BCUT2D eigenvalue weighted by atomic mass is 9.94. The smallest absolute Gasteiger partial charge is 0.0387 e. The molecule has 1 saturated carbocycles. The monoisotopic (exact) mass is 174 g/mol. The van der Waals surface area contributed by atoms with Crippen LogP contribution >= 0.6 is 11.6 Å². The summed E-state index contributed by atoms with van der Waals surface area (Å²) in [6.07, 6.45) is 4.10. The first kappa shape index (κ1) is 9.38. The van der Waals surface area contributed by atoms with Gasteiger partial charge in [0.05, 0.1) is 0 Å². The molecular formula is C10H19Cl. The van der Waals surface area contributed by atoms with E-state index in [1.807, 2.05) is 0 Å². The average molecular weight is 175 g/mol. The Kier molecular flexibility index (Phi) is 3.24. The number of rotatable bonds is 2. The minimum atomic E-state index is 0.417. The lowest BCUT2D eigenvalue weighted by molar-refractivity contribution is 0.417. The molecule has 0 amide bonds. The molecule has 0 nitrogen and oxygen atoms in total. The summed E-state index contributed by atoms with van der Waals surface area (Å²) in [7, 11) is 0. The molecule has 11 heavy (non-hydrogen) atoms. The topological polar surface area (TPSA) is 0 Å². The van der Waals surface area contributed by atoms with Crippen molar-refractivity contribution >= 4 is 11.6 Å². The zero-order chi connectivity index (χ0) is 8.43. The number of hydrogen-bond donors (Lipinski definition) is 0. The fourth-order valence-corrected chi connectivity index (χ4v) is 2.31. The third-order valence-electron chi connectivity index (χ3n) is 2.82. The summed E-state index contributed by atoms with van der Waals surface area (Å²) in [4.78, 5) is 0. The molecule has 0 aliphatic heterocycles. The van der Waals surface area contributed by atoms with E-state index < -0.39 is 0 Å². The Morgan fingerprint density at radius 1 is 1.27 bits per heavy atom. The molecule has 1 fully saturated rings. The van der Waals surface area contributed by atoms with Crippen molar-refractivity contribution < 1.29 is 0 Å². The molecule has 1 aliphatic carbocycles. The summed E-state index contributed by atoms with van der Waals surface area (Å²) >= 11 is 6.29. The largest absolute Gasteiger partial charge is 0.122 e. The van der Waals surface area contributed by atoms with E-state index >= 15 is 0 Å². The van der Waals surface area contributed by atoms with Crippen LogP contribution in [0.15, 0.2) is 0 Å². The normalized spacial score (nSPS) is 34.6. The van der Waals surface area contributed by atoms with Crippen LogP contribution in [0.2, 0.25) is 0 Å². The Balaban J connectivity index is 2.36. The maximum absolute atomic E-state index is 6.29. The second kappa shape index (κ2) is 3.80. The van der Waals surface area contributed by atoms with Crippen molar-refractivity contribution in [3.63, 3.8) is 0 Å². The van der Waals surface area contributed by atoms with Gasteiger partial charge in [-0.2, -0.15) is 0 Å². The van der Waals surface area contributed by atoms with Gasteiger partial charge in [-0.1, -0.05) is 27.2 Å². The second-order valence-electron chi connectivity index (χ2n) is 4.37. The molecular weight excluding hydrogens is 156 g/mol. The van der Waals surface area contributed by atoms with E-state index in [1.54, 1.807) is 0 Å². The van der Waals surface area contributed by atoms with Gasteiger partial charge in [0.1, 0.15) is 0 Å². The molecule has 0 saturated heterocycles. The van der Waals surface area contributed by atoms with E-state index in [1.165, 1.54) is 19.3 Å². The first-order valence-electron chi connectivity index (χ1n) is 4.75. The van der Waals surface area contributed by atoms with Crippen LogP contribution in [0.5, 0.6) is 0 Å². The van der Waals surface area contributed by atoms with E-state index in [-0.39, 0.29) is 0 Å². The van der Waals surface area contributed by atoms with Crippen molar-refractivity contribution in [1.82, 2.24) is 0 Å². The van der Waals surface area contributed by atoms with Crippen LogP contribution in [0.25, 0.3) is 0 Å². The Morgan fingerprint density at radius 2 is 1.91 bits per heavy atom. The minimum absolute atomic E-state index is 0.417. The number of halogens is 1. The van der Waals surface area contributed by atoms with E-state index in [0.29, 0.717) is 11.3 Å². The molecule has 0 heterocycles. The zero-order valence-electron chi connectivity index (χ0n) is 7.81. The van der Waals surface area contributed by atoms with Gasteiger partial charge >= 0.3 is 0 Å². The van der Waals surface area contributed by atoms with E-state index in [4.69, 9.17) is 11.6 Å². The van der Waals surface area contributed by atoms with Crippen LogP contribution in [-0.2, 0) is 0 Å². The van der Waals surface area contributed by atoms with Crippen molar-refractivity contribution in [3.05, 3.63) is 0 Å². The molecule has 0 radical (unpaired) electrons. The number of alkyl halides is 1. The third-order valence-corrected chi connectivity index (χ3v) is 3.68. The van der Waals surface area contributed by atoms with Gasteiger partial charge in [-0.15, -0.1) is 11.6 Å². The molecule has 3 unspecified atom stereocenters. The van der Waals surface area contributed by atoms with Crippen LogP contribution in [-0.4, -0.2) is 5.38 Å². The molecule has 0 bridgehead atoms. The molecule has 0 spiro atoms. The minimum Gasteiger partial charge on any atom is -0.122 e. The fraction of sp³-hybridized carbons (Fsp3) is 1.00. The van der Waals surface area contributed by atoms with Gasteiger partial charge in [-0.25, -0.2) is 0 Å². The van der Waals surface area contributed by atoms with E-state index in [0.717, 1.165) is 11.8 Å². The summed E-state index contributed by atoms with van der Waals surface area (Å²) < 4.78 is 0. The molecule has 1 aliphatic rings. The second-order valence-corrected chi connectivity index (χ2v) is 4.87. The Labute approximate surface area is 75.3 Å². The van der Waals surface area contributed by atoms with Crippen molar-refractivity contribution in [2.24, 2.45) is 17.8 Å². The quantitative estimate of drug-likeness (QED) is 0.561. The van der Waals surface area contributed by atoms with Gasteiger partial charge in [0.25, 0.3) is 0 Å². The van der Waals surface area contributed by atoms with Gasteiger partial charge in [0.15, 0.2) is 0 Å². The highest BCUT2D eigenvalue weighted by molar-refractivity contribution is 6.20. The highest BCUT2D eigenvalue weighted by Crippen LogP contribution is 2.37.